The first kappa shape index (κ1) is 14.1. The van der Waals surface area contributed by atoms with E-state index < -0.39 is 0 Å². The van der Waals surface area contributed by atoms with Gasteiger partial charge in [0.1, 0.15) is 0 Å². The molecule has 3 N–H and O–H groups in total. The summed E-state index contributed by atoms with van der Waals surface area (Å²) in [7, 11) is 0. The van der Waals surface area contributed by atoms with Crippen molar-refractivity contribution in [3.63, 3.8) is 0 Å². The van der Waals surface area contributed by atoms with E-state index in [2.05, 4.69) is 34.5 Å². The average molecular weight is 301 g/mol. The van der Waals surface area contributed by atoms with Gasteiger partial charge in [-0.25, -0.2) is 0 Å². The lowest BCUT2D eigenvalue weighted by atomic mass is 10.0. The molecule has 2 heterocycles. The van der Waals surface area contributed by atoms with E-state index in [1.165, 1.54) is 21.6 Å². The summed E-state index contributed by atoms with van der Waals surface area (Å²) in [4.78, 5) is 4.01. The number of benzene rings is 1. The maximum atomic E-state index is 8.74. The normalized spacial score (nSPS) is 16.0. The molecule has 0 saturated carbocycles. The average Bonchev–Trinajstić information content (AvgIpc) is 2.96. The molecule has 0 aliphatic carbocycles. The number of rotatable bonds is 3. The standard InChI is InChI=1S/C16H19N3OS/c1-11-8-12(16(17)18-20)2-3-13(11)9-19-6-4-15-14(10-19)5-7-21-15/h2-3,5,7-8,20H,4,6,9-10H2,1H3,(H2,17,18). The molecule has 1 aromatic heterocycles. The molecule has 1 aliphatic heterocycles. The number of aryl methyl sites for hydroxylation is 1. The van der Waals surface area contributed by atoms with E-state index in [9.17, 15) is 0 Å². The van der Waals surface area contributed by atoms with Crippen LogP contribution < -0.4 is 5.73 Å². The van der Waals surface area contributed by atoms with Crippen LogP contribution in [-0.4, -0.2) is 22.5 Å². The second kappa shape index (κ2) is 5.87. The molecule has 4 nitrogen and oxygen atoms in total. The number of thiophene rings is 1. The minimum Gasteiger partial charge on any atom is -0.409 e. The van der Waals surface area contributed by atoms with Gasteiger partial charge in [-0.1, -0.05) is 17.3 Å². The highest BCUT2D eigenvalue weighted by Crippen LogP contribution is 2.25. The molecular weight excluding hydrogens is 282 g/mol. The Labute approximate surface area is 128 Å². The number of fused-ring (bicyclic) bond motifs is 1. The SMILES string of the molecule is Cc1cc(/C(N)=N/O)ccc1CN1CCc2sccc2C1. The topological polar surface area (TPSA) is 61.9 Å². The summed E-state index contributed by atoms with van der Waals surface area (Å²) in [6, 6.07) is 8.20. The Bertz CT molecular complexity index is 678. The third-order valence-corrected chi connectivity index (χ3v) is 5.05. The van der Waals surface area contributed by atoms with Crippen molar-refractivity contribution in [3.8, 4) is 0 Å². The van der Waals surface area contributed by atoms with Crippen molar-refractivity contribution in [2.45, 2.75) is 26.4 Å². The fourth-order valence-corrected chi connectivity index (χ4v) is 3.66. The molecule has 21 heavy (non-hydrogen) atoms. The first-order chi connectivity index (χ1) is 10.2. The number of amidine groups is 1. The van der Waals surface area contributed by atoms with Crippen LogP contribution in [0.5, 0.6) is 0 Å². The number of nitrogens with zero attached hydrogens (tertiary/aromatic N) is 2. The van der Waals surface area contributed by atoms with Gasteiger partial charge in [0.2, 0.25) is 0 Å². The lowest BCUT2D eigenvalue weighted by Crippen LogP contribution is -2.29. The number of hydrogen-bond acceptors (Lipinski definition) is 4. The first-order valence-electron chi connectivity index (χ1n) is 7.02. The van der Waals surface area contributed by atoms with Crippen LogP contribution in [-0.2, 0) is 19.5 Å². The van der Waals surface area contributed by atoms with Gasteiger partial charge < -0.3 is 10.9 Å². The van der Waals surface area contributed by atoms with Crippen LogP contribution in [0.25, 0.3) is 0 Å². The van der Waals surface area contributed by atoms with Gasteiger partial charge in [-0.05, 0) is 47.5 Å². The highest BCUT2D eigenvalue weighted by molar-refractivity contribution is 7.10. The summed E-state index contributed by atoms with van der Waals surface area (Å²) in [5.74, 6) is 0.158. The van der Waals surface area contributed by atoms with Gasteiger partial charge in [0.05, 0.1) is 0 Å². The molecule has 0 unspecified atom stereocenters. The van der Waals surface area contributed by atoms with Gasteiger partial charge in [0.15, 0.2) is 5.84 Å². The molecule has 0 atom stereocenters. The molecule has 0 fully saturated rings. The quantitative estimate of drug-likeness (QED) is 0.396. The third kappa shape index (κ3) is 2.94. The van der Waals surface area contributed by atoms with Gasteiger partial charge >= 0.3 is 0 Å². The van der Waals surface area contributed by atoms with Crippen LogP contribution in [0.1, 0.15) is 27.1 Å². The lowest BCUT2D eigenvalue weighted by Gasteiger charge is -2.27. The Morgan fingerprint density at radius 2 is 2.29 bits per heavy atom. The van der Waals surface area contributed by atoms with Crippen LogP contribution in [0, 0.1) is 6.92 Å². The van der Waals surface area contributed by atoms with E-state index in [-0.39, 0.29) is 5.84 Å². The predicted molar refractivity (Wildman–Crippen MR) is 85.8 cm³/mol. The Morgan fingerprint density at radius 1 is 1.43 bits per heavy atom. The maximum Gasteiger partial charge on any atom is 0.170 e. The predicted octanol–water partition coefficient (Wildman–Crippen LogP) is 2.71. The van der Waals surface area contributed by atoms with Gasteiger partial charge in [0, 0.05) is 30.1 Å². The smallest absolute Gasteiger partial charge is 0.170 e. The summed E-state index contributed by atoms with van der Waals surface area (Å²) < 4.78 is 0. The second-order valence-electron chi connectivity index (χ2n) is 5.46. The van der Waals surface area contributed by atoms with Gasteiger partial charge in [-0.15, -0.1) is 11.3 Å². The maximum absolute atomic E-state index is 8.74. The van der Waals surface area contributed by atoms with Crippen molar-refractivity contribution in [3.05, 3.63) is 56.8 Å². The van der Waals surface area contributed by atoms with E-state index in [1.54, 1.807) is 0 Å². The van der Waals surface area contributed by atoms with E-state index in [0.29, 0.717) is 0 Å². The van der Waals surface area contributed by atoms with Crippen LogP contribution >= 0.6 is 11.3 Å². The Kier molecular flexibility index (Phi) is 3.94. The summed E-state index contributed by atoms with van der Waals surface area (Å²) in [6.45, 7) is 5.15. The Balaban J connectivity index is 1.74. The fourth-order valence-electron chi connectivity index (χ4n) is 2.77. The molecule has 0 saturated heterocycles. The van der Waals surface area contributed by atoms with Crippen molar-refractivity contribution in [1.29, 1.82) is 0 Å². The number of oxime groups is 1. The minimum atomic E-state index is 0.158. The van der Waals surface area contributed by atoms with E-state index in [0.717, 1.165) is 31.6 Å². The van der Waals surface area contributed by atoms with Crippen molar-refractivity contribution < 1.29 is 5.21 Å². The van der Waals surface area contributed by atoms with Crippen LogP contribution in [0.3, 0.4) is 0 Å². The van der Waals surface area contributed by atoms with Crippen molar-refractivity contribution >= 4 is 17.2 Å². The Hall–Kier alpha value is -1.85. The molecule has 0 spiro atoms. The zero-order valence-corrected chi connectivity index (χ0v) is 12.9. The zero-order valence-electron chi connectivity index (χ0n) is 12.0. The molecule has 110 valence electrons. The number of hydrogen-bond donors (Lipinski definition) is 2. The summed E-state index contributed by atoms with van der Waals surface area (Å²) in [5, 5.41) is 14.0. The highest BCUT2D eigenvalue weighted by atomic mass is 32.1. The molecule has 0 bridgehead atoms. The molecule has 0 radical (unpaired) electrons. The van der Waals surface area contributed by atoms with Gasteiger partial charge in [0.25, 0.3) is 0 Å². The first-order valence-corrected chi connectivity index (χ1v) is 7.90. The molecule has 3 rings (SSSR count). The van der Waals surface area contributed by atoms with Gasteiger partial charge in [-0.2, -0.15) is 0 Å². The molecule has 1 aliphatic rings. The van der Waals surface area contributed by atoms with E-state index >= 15 is 0 Å². The summed E-state index contributed by atoms with van der Waals surface area (Å²) in [5.41, 5.74) is 10.3. The molecule has 5 heteroatoms. The Morgan fingerprint density at radius 3 is 3.05 bits per heavy atom. The van der Waals surface area contributed by atoms with Crippen LogP contribution in [0.4, 0.5) is 0 Å². The van der Waals surface area contributed by atoms with E-state index in [1.807, 2.05) is 23.5 Å². The largest absolute Gasteiger partial charge is 0.409 e. The van der Waals surface area contributed by atoms with E-state index in [4.69, 9.17) is 10.9 Å². The third-order valence-electron chi connectivity index (χ3n) is 4.03. The summed E-state index contributed by atoms with van der Waals surface area (Å²) >= 11 is 1.87. The van der Waals surface area contributed by atoms with Crippen molar-refractivity contribution in [2.24, 2.45) is 10.9 Å². The van der Waals surface area contributed by atoms with Gasteiger partial charge in [-0.3, -0.25) is 4.90 Å². The minimum absolute atomic E-state index is 0.158. The number of nitrogens with two attached hydrogens (primary N) is 1. The summed E-state index contributed by atoms with van der Waals surface area (Å²) in [6.07, 6.45) is 1.15. The van der Waals surface area contributed by atoms with Crippen LogP contribution in [0.15, 0.2) is 34.8 Å². The van der Waals surface area contributed by atoms with Crippen LogP contribution in [0.2, 0.25) is 0 Å². The lowest BCUT2D eigenvalue weighted by molar-refractivity contribution is 0.247. The van der Waals surface area contributed by atoms with Crippen molar-refractivity contribution in [1.82, 2.24) is 4.90 Å². The monoisotopic (exact) mass is 301 g/mol. The fraction of sp³-hybridized carbons (Fsp3) is 0.312. The molecule has 0 amide bonds. The zero-order chi connectivity index (χ0) is 14.8. The molecule has 1 aromatic carbocycles. The molecular formula is C16H19N3OS. The van der Waals surface area contributed by atoms with Crippen molar-refractivity contribution in [2.75, 3.05) is 6.54 Å². The second-order valence-corrected chi connectivity index (χ2v) is 6.46. The molecule has 2 aromatic rings. The highest BCUT2D eigenvalue weighted by Gasteiger charge is 2.17.